The average molecular weight is 275 g/mol. The van der Waals surface area contributed by atoms with Gasteiger partial charge < -0.3 is 5.11 Å². The predicted octanol–water partition coefficient (Wildman–Crippen LogP) is 3.82. The molecule has 1 aromatic rings. The molecular formula is C12H12Cl2O3. The number of carbonyl (C=O) groups is 2. The van der Waals surface area contributed by atoms with Crippen molar-refractivity contribution in [2.24, 2.45) is 0 Å². The minimum absolute atomic E-state index is 0.0799. The van der Waals surface area contributed by atoms with Crippen molar-refractivity contribution in [3.05, 3.63) is 33.8 Å². The summed E-state index contributed by atoms with van der Waals surface area (Å²) in [5.74, 6) is -0.957. The Hall–Kier alpha value is -1.06. The van der Waals surface area contributed by atoms with Crippen LogP contribution in [-0.4, -0.2) is 16.9 Å². The Labute approximate surface area is 109 Å². The van der Waals surface area contributed by atoms with Gasteiger partial charge in [-0.05, 0) is 31.0 Å². The predicted molar refractivity (Wildman–Crippen MR) is 66.9 cm³/mol. The normalized spacial score (nSPS) is 10.2. The van der Waals surface area contributed by atoms with Gasteiger partial charge in [-0.15, -0.1) is 0 Å². The molecule has 0 aliphatic heterocycles. The van der Waals surface area contributed by atoms with Gasteiger partial charge in [0.05, 0.1) is 5.02 Å². The van der Waals surface area contributed by atoms with Crippen LogP contribution in [0.4, 0.5) is 0 Å². The smallest absolute Gasteiger partial charge is 0.303 e. The molecule has 0 unspecified atom stereocenters. The van der Waals surface area contributed by atoms with Crippen LogP contribution in [-0.2, 0) is 4.79 Å². The van der Waals surface area contributed by atoms with Gasteiger partial charge >= 0.3 is 5.97 Å². The summed E-state index contributed by atoms with van der Waals surface area (Å²) in [7, 11) is 0. The number of carboxylic acids is 1. The summed E-state index contributed by atoms with van der Waals surface area (Å²) < 4.78 is 0. The molecule has 0 radical (unpaired) electrons. The van der Waals surface area contributed by atoms with Crippen LogP contribution in [0.2, 0.25) is 10.0 Å². The van der Waals surface area contributed by atoms with E-state index in [2.05, 4.69) is 0 Å². The number of ketones is 1. The van der Waals surface area contributed by atoms with Gasteiger partial charge in [0.15, 0.2) is 5.78 Å². The lowest BCUT2D eigenvalue weighted by Crippen LogP contribution is -2.01. The number of halogens is 2. The fraction of sp³-hybridized carbons (Fsp3) is 0.333. The summed E-state index contributed by atoms with van der Waals surface area (Å²) in [6.07, 6.45) is 1.39. The number of benzene rings is 1. The lowest BCUT2D eigenvalue weighted by Gasteiger charge is -2.03. The molecule has 0 fully saturated rings. The van der Waals surface area contributed by atoms with Crippen LogP contribution in [0.1, 0.15) is 36.0 Å². The number of carboxylic acid groups (broad SMARTS) is 1. The number of Topliss-reactive ketones (excluding diaryl/α,β-unsaturated/α-hetero) is 1. The number of hydrogen-bond acceptors (Lipinski definition) is 2. The fourth-order valence-corrected chi connectivity index (χ4v) is 1.80. The van der Waals surface area contributed by atoms with Crippen molar-refractivity contribution >= 4 is 35.0 Å². The van der Waals surface area contributed by atoms with Crippen LogP contribution in [0.25, 0.3) is 0 Å². The van der Waals surface area contributed by atoms with Crippen molar-refractivity contribution in [2.75, 3.05) is 0 Å². The Balaban J connectivity index is 2.52. The van der Waals surface area contributed by atoms with Crippen molar-refractivity contribution < 1.29 is 14.7 Å². The van der Waals surface area contributed by atoms with E-state index in [-0.39, 0.29) is 18.6 Å². The number of carbonyl (C=O) groups excluding carboxylic acids is 1. The molecule has 0 saturated heterocycles. The molecule has 0 saturated carbocycles. The standard InChI is InChI=1S/C12H12Cl2O3/c13-8-5-6-10(14)9(7-8)11(15)3-1-2-4-12(16)17/h5-7H,1-4H2,(H,16,17). The van der Waals surface area contributed by atoms with Gasteiger partial charge in [0.1, 0.15) is 0 Å². The minimum Gasteiger partial charge on any atom is -0.481 e. The SMILES string of the molecule is O=C(O)CCCCC(=O)c1cc(Cl)ccc1Cl. The highest BCUT2D eigenvalue weighted by Gasteiger charge is 2.10. The van der Waals surface area contributed by atoms with Gasteiger partial charge in [-0.3, -0.25) is 9.59 Å². The molecule has 0 bridgehead atoms. The van der Waals surface area contributed by atoms with Crippen molar-refractivity contribution in [2.45, 2.75) is 25.7 Å². The van der Waals surface area contributed by atoms with E-state index in [1.54, 1.807) is 12.1 Å². The van der Waals surface area contributed by atoms with E-state index in [1.807, 2.05) is 0 Å². The van der Waals surface area contributed by atoms with E-state index in [9.17, 15) is 9.59 Å². The second kappa shape index (κ2) is 6.62. The first-order valence-electron chi connectivity index (χ1n) is 5.20. The largest absolute Gasteiger partial charge is 0.481 e. The third-order valence-electron chi connectivity index (χ3n) is 2.27. The van der Waals surface area contributed by atoms with Crippen molar-refractivity contribution in [1.29, 1.82) is 0 Å². The van der Waals surface area contributed by atoms with Gasteiger partial charge in [-0.25, -0.2) is 0 Å². The van der Waals surface area contributed by atoms with Crippen molar-refractivity contribution in [3.8, 4) is 0 Å². The molecule has 1 rings (SSSR count). The summed E-state index contributed by atoms with van der Waals surface area (Å²) in [6.45, 7) is 0. The molecule has 0 aliphatic rings. The van der Waals surface area contributed by atoms with E-state index in [0.29, 0.717) is 28.5 Å². The molecule has 1 aromatic carbocycles. The fourth-order valence-electron chi connectivity index (χ4n) is 1.41. The van der Waals surface area contributed by atoms with Gasteiger partial charge in [0, 0.05) is 23.4 Å². The molecule has 1 N–H and O–H groups in total. The van der Waals surface area contributed by atoms with Crippen LogP contribution in [0.15, 0.2) is 18.2 Å². The van der Waals surface area contributed by atoms with Gasteiger partial charge in [0.25, 0.3) is 0 Å². The Bertz CT molecular complexity index is 430. The zero-order valence-electron chi connectivity index (χ0n) is 9.08. The highest BCUT2D eigenvalue weighted by atomic mass is 35.5. The number of unbranched alkanes of at least 4 members (excludes halogenated alkanes) is 1. The van der Waals surface area contributed by atoms with E-state index in [0.717, 1.165) is 0 Å². The van der Waals surface area contributed by atoms with E-state index in [4.69, 9.17) is 28.3 Å². The third kappa shape index (κ3) is 4.75. The Morgan fingerprint density at radius 3 is 2.41 bits per heavy atom. The van der Waals surface area contributed by atoms with E-state index in [1.165, 1.54) is 6.07 Å². The number of rotatable bonds is 6. The molecule has 0 aromatic heterocycles. The third-order valence-corrected chi connectivity index (χ3v) is 2.84. The second-order valence-electron chi connectivity index (χ2n) is 3.65. The molecule has 0 amide bonds. The van der Waals surface area contributed by atoms with Crippen molar-refractivity contribution in [3.63, 3.8) is 0 Å². The Morgan fingerprint density at radius 2 is 1.76 bits per heavy atom. The first-order valence-corrected chi connectivity index (χ1v) is 5.96. The molecular weight excluding hydrogens is 263 g/mol. The lowest BCUT2D eigenvalue weighted by atomic mass is 10.0. The second-order valence-corrected chi connectivity index (χ2v) is 4.49. The average Bonchev–Trinajstić information content (AvgIpc) is 2.27. The maximum Gasteiger partial charge on any atom is 0.303 e. The highest BCUT2D eigenvalue weighted by molar-refractivity contribution is 6.35. The Kier molecular flexibility index (Phi) is 5.45. The number of aliphatic carboxylic acids is 1. The molecule has 0 aliphatic carbocycles. The van der Waals surface area contributed by atoms with Crippen LogP contribution in [0.3, 0.4) is 0 Å². The monoisotopic (exact) mass is 274 g/mol. The summed E-state index contributed by atoms with van der Waals surface area (Å²) in [4.78, 5) is 22.1. The first kappa shape index (κ1) is 14.0. The molecule has 5 heteroatoms. The van der Waals surface area contributed by atoms with Crippen molar-refractivity contribution in [1.82, 2.24) is 0 Å². The Morgan fingerprint density at radius 1 is 1.12 bits per heavy atom. The van der Waals surface area contributed by atoms with Crippen LogP contribution < -0.4 is 0 Å². The molecule has 92 valence electrons. The van der Waals surface area contributed by atoms with Crippen LogP contribution in [0.5, 0.6) is 0 Å². The zero-order valence-corrected chi connectivity index (χ0v) is 10.6. The maximum absolute atomic E-state index is 11.8. The molecule has 17 heavy (non-hydrogen) atoms. The summed E-state index contributed by atoms with van der Waals surface area (Å²) in [5, 5.41) is 9.29. The summed E-state index contributed by atoms with van der Waals surface area (Å²) >= 11 is 11.7. The minimum atomic E-state index is -0.849. The molecule has 0 heterocycles. The summed E-state index contributed by atoms with van der Waals surface area (Å²) in [5.41, 5.74) is 0.398. The zero-order chi connectivity index (χ0) is 12.8. The maximum atomic E-state index is 11.8. The van der Waals surface area contributed by atoms with Gasteiger partial charge in [0.2, 0.25) is 0 Å². The molecule has 0 atom stereocenters. The molecule has 0 spiro atoms. The van der Waals surface area contributed by atoms with Gasteiger partial charge in [-0.1, -0.05) is 23.2 Å². The number of hydrogen-bond donors (Lipinski definition) is 1. The lowest BCUT2D eigenvalue weighted by molar-refractivity contribution is -0.137. The van der Waals surface area contributed by atoms with Crippen LogP contribution >= 0.6 is 23.2 Å². The van der Waals surface area contributed by atoms with E-state index >= 15 is 0 Å². The topological polar surface area (TPSA) is 54.4 Å². The quantitative estimate of drug-likeness (QED) is 0.634. The highest BCUT2D eigenvalue weighted by Crippen LogP contribution is 2.22. The molecule has 3 nitrogen and oxygen atoms in total. The van der Waals surface area contributed by atoms with Crippen LogP contribution in [0, 0.1) is 0 Å². The summed E-state index contributed by atoms with van der Waals surface area (Å²) in [6, 6.07) is 4.73. The van der Waals surface area contributed by atoms with E-state index < -0.39 is 5.97 Å². The first-order chi connectivity index (χ1) is 8.00. The van der Waals surface area contributed by atoms with Gasteiger partial charge in [-0.2, -0.15) is 0 Å².